The maximum atomic E-state index is 10.9. The Kier molecular flexibility index (Phi) is 3.49. The Morgan fingerprint density at radius 3 is 2.59 bits per heavy atom. The smallest absolute Gasteiger partial charge is 0.284 e. The van der Waals surface area contributed by atoms with Gasteiger partial charge >= 0.3 is 0 Å². The number of primary amides is 1. The van der Waals surface area contributed by atoms with E-state index in [-0.39, 0.29) is 18.0 Å². The molecule has 17 heavy (non-hydrogen) atoms. The molecule has 94 valence electrons. The Morgan fingerprint density at radius 2 is 2.06 bits per heavy atom. The average Bonchev–Trinajstić information content (AvgIpc) is 2.64. The van der Waals surface area contributed by atoms with Crippen molar-refractivity contribution in [1.29, 1.82) is 0 Å². The van der Waals surface area contributed by atoms with Gasteiger partial charge in [-0.3, -0.25) is 9.69 Å². The summed E-state index contributed by atoms with van der Waals surface area (Å²) in [5.74, 6) is 0.453. The van der Waals surface area contributed by atoms with Gasteiger partial charge in [0.15, 0.2) is 5.76 Å². The van der Waals surface area contributed by atoms with Crippen LogP contribution in [0.4, 0.5) is 0 Å². The molecule has 2 N–H and O–H groups in total. The Morgan fingerprint density at radius 1 is 1.41 bits per heavy atom. The lowest BCUT2D eigenvalue weighted by molar-refractivity contribution is -0.0718. The van der Waals surface area contributed by atoms with E-state index in [0.29, 0.717) is 6.54 Å². The van der Waals surface area contributed by atoms with Crippen molar-refractivity contribution in [3.8, 4) is 0 Å². The van der Waals surface area contributed by atoms with Gasteiger partial charge in [0.1, 0.15) is 5.76 Å². The van der Waals surface area contributed by atoms with Crippen LogP contribution in [0, 0.1) is 0 Å². The van der Waals surface area contributed by atoms with Crippen LogP contribution in [0.1, 0.15) is 30.2 Å². The second-order valence-corrected chi connectivity index (χ2v) is 4.58. The summed E-state index contributed by atoms with van der Waals surface area (Å²) in [6.07, 6.45) is 0.452. The Balaban J connectivity index is 1.97. The van der Waals surface area contributed by atoms with E-state index in [1.54, 1.807) is 12.1 Å². The van der Waals surface area contributed by atoms with Crippen LogP contribution in [0.5, 0.6) is 0 Å². The van der Waals surface area contributed by atoms with E-state index < -0.39 is 5.91 Å². The lowest BCUT2D eigenvalue weighted by Gasteiger charge is -2.34. The standard InChI is InChI=1S/C12H18N2O3/c1-8-5-14(6-9(2)16-8)7-10-3-4-11(17-10)12(13)15/h3-4,8-9H,5-7H2,1-2H3,(H2,13,15). The van der Waals surface area contributed by atoms with Crippen LogP contribution in [0.25, 0.3) is 0 Å². The van der Waals surface area contributed by atoms with Gasteiger partial charge in [-0.1, -0.05) is 0 Å². The van der Waals surface area contributed by atoms with Gasteiger partial charge in [0.2, 0.25) is 0 Å². The Bertz CT molecular complexity index is 392. The highest BCUT2D eigenvalue weighted by Gasteiger charge is 2.23. The first-order chi connectivity index (χ1) is 8.04. The van der Waals surface area contributed by atoms with Crippen molar-refractivity contribution in [2.75, 3.05) is 13.1 Å². The summed E-state index contributed by atoms with van der Waals surface area (Å²) >= 11 is 0. The van der Waals surface area contributed by atoms with Crippen molar-refractivity contribution in [3.63, 3.8) is 0 Å². The highest BCUT2D eigenvalue weighted by molar-refractivity contribution is 5.89. The number of amides is 1. The van der Waals surface area contributed by atoms with Crippen molar-refractivity contribution in [2.45, 2.75) is 32.6 Å². The highest BCUT2D eigenvalue weighted by Crippen LogP contribution is 2.15. The third-order valence-corrected chi connectivity index (χ3v) is 2.78. The normalized spacial score (nSPS) is 26.0. The predicted octanol–water partition coefficient (Wildman–Crippen LogP) is 0.988. The molecule has 1 aromatic heterocycles. The molecule has 1 aliphatic heterocycles. The average molecular weight is 238 g/mol. The number of ether oxygens (including phenoxy) is 1. The first kappa shape index (κ1) is 12.1. The van der Waals surface area contributed by atoms with E-state index in [9.17, 15) is 4.79 Å². The third kappa shape index (κ3) is 3.08. The van der Waals surface area contributed by atoms with Crippen molar-refractivity contribution < 1.29 is 13.9 Å². The van der Waals surface area contributed by atoms with Gasteiger partial charge in [0.25, 0.3) is 5.91 Å². The fourth-order valence-corrected chi connectivity index (χ4v) is 2.23. The first-order valence-corrected chi connectivity index (χ1v) is 5.81. The number of morpholine rings is 1. The van der Waals surface area contributed by atoms with Gasteiger partial charge in [-0.2, -0.15) is 0 Å². The van der Waals surface area contributed by atoms with E-state index in [1.165, 1.54) is 0 Å². The topological polar surface area (TPSA) is 68.7 Å². The summed E-state index contributed by atoms with van der Waals surface area (Å²) in [5.41, 5.74) is 5.14. The molecule has 0 aromatic carbocycles. The predicted molar refractivity (Wildman–Crippen MR) is 62.5 cm³/mol. The quantitative estimate of drug-likeness (QED) is 0.852. The molecule has 0 spiro atoms. The number of nitrogens with zero attached hydrogens (tertiary/aromatic N) is 1. The zero-order valence-electron chi connectivity index (χ0n) is 10.2. The highest BCUT2D eigenvalue weighted by atomic mass is 16.5. The molecule has 5 heteroatoms. The summed E-state index contributed by atoms with van der Waals surface area (Å²) < 4.78 is 11.0. The van der Waals surface area contributed by atoms with Crippen LogP contribution in [0.15, 0.2) is 16.5 Å². The number of furan rings is 1. The second-order valence-electron chi connectivity index (χ2n) is 4.58. The molecule has 2 atom stereocenters. The van der Waals surface area contributed by atoms with Crippen LogP contribution in [-0.2, 0) is 11.3 Å². The summed E-state index contributed by atoms with van der Waals surface area (Å²) in [6.45, 7) is 6.54. The zero-order chi connectivity index (χ0) is 12.4. The minimum Gasteiger partial charge on any atom is -0.455 e. The fraction of sp³-hybridized carbons (Fsp3) is 0.583. The van der Waals surface area contributed by atoms with Crippen LogP contribution in [0.2, 0.25) is 0 Å². The van der Waals surface area contributed by atoms with Crippen molar-refractivity contribution in [3.05, 3.63) is 23.7 Å². The SMILES string of the molecule is CC1CN(Cc2ccc(C(N)=O)o2)CC(C)O1. The molecular formula is C12H18N2O3. The third-order valence-electron chi connectivity index (χ3n) is 2.78. The first-order valence-electron chi connectivity index (χ1n) is 5.81. The number of rotatable bonds is 3. The van der Waals surface area contributed by atoms with Gasteiger partial charge in [0.05, 0.1) is 18.8 Å². The summed E-state index contributed by atoms with van der Waals surface area (Å²) in [4.78, 5) is 13.2. The summed E-state index contributed by atoms with van der Waals surface area (Å²) in [5, 5.41) is 0. The van der Waals surface area contributed by atoms with E-state index >= 15 is 0 Å². The Labute approximate surface area is 101 Å². The maximum Gasteiger partial charge on any atom is 0.284 e. The molecule has 1 aromatic rings. The summed E-state index contributed by atoms with van der Waals surface area (Å²) in [6, 6.07) is 3.41. The van der Waals surface area contributed by atoms with Crippen LogP contribution < -0.4 is 5.73 Å². The van der Waals surface area contributed by atoms with Crippen LogP contribution in [0.3, 0.4) is 0 Å². The molecule has 1 aliphatic rings. The van der Waals surface area contributed by atoms with Gasteiger partial charge in [-0.05, 0) is 26.0 Å². The molecule has 0 radical (unpaired) electrons. The molecule has 2 unspecified atom stereocenters. The summed E-state index contributed by atoms with van der Waals surface area (Å²) in [7, 11) is 0. The molecule has 1 amide bonds. The number of carbonyl (C=O) groups is 1. The fourth-order valence-electron chi connectivity index (χ4n) is 2.23. The van der Waals surface area contributed by atoms with Crippen LogP contribution >= 0.6 is 0 Å². The van der Waals surface area contributed by atoms with E-state index in [2.05, 4.69) is 18.7 Å². The van der Waals surface area contributed by atoms with Crippen molar-refractivity contribution in [1.82, 2.24) is 4.90 Å². The van der Waals surface area contributed by atoms with Crippen molar-refractivity contribution >= 4 is 5.91 Å². The van der Waals surface area contributed by atoms with Gasteiger partial charge in [0, 0.05) is 13.1 Å². The lowest BCUT2D eigenvalue weighted by Crippen LogP contribution is -2.44. The zero-order valence-corrected chi connectivity index (χ0v) is 10.2. The largest absolute Gasteiger partial charge is 0.455 e. The van der Waals surface area contributed by atoms with Crippen LogP contribution in [-0.4, -0.2) is 36.1 Å². The molecule has 1 saturated heterocycles. The van der Waals surface area contributed by atoms with E-state index in [1.807, 2.05) is 0 Å². The maximum absolute atomic E-state index is 10.9. The van der Waals surface area contributed by atoms with E-state index in [0.717, 1.165) is 18.8 Å². The van der Waals surface area contributed by atoms with E-state index in [4.69, 9.17) is 14.9 Å². The molecule has 5 nitrogen and oxygen atoms in total. The molecule has 1 fully saturated rings. The molecule has 0 aliphatic carbocycles. The van der Waals surface area contributed by atoms with Gasteiger partial charge < -0.3 is 14.9 Å². The molecule has 0 saturated carbocycles. The minimum absolute atomic E-state index is 0.217. The van der Waals surface area contributed by atoms with Crippen molar-refractivity contribution in [2.24, 2.45) is 5.73 Å². The molecule has 0 bridgehead atoms. The monoisotopic (exact) mass is 238 g/mol. The molecule has 2 rings (SSSR count). The second kappa shape index (κ2) is 4.89. The van der Waals surface area contributed by atoms with Gasteiger partial charge in [-0.15, -0.1) is 0 Å². The lowest BCUT2D eigenvalue weighted by atomic mass is 10.2. The number of carbonyl (C=O) groups excluding carboxylic acids is 1. The minimum atomic E-state index is -0.528. The number of hydrogen-bond acceptors (Lipinski definition) is 4. The van der Waals surface area contributed by atoms with Gasteiger partial charge in [-0.25, -0.2) is 0 Å². The molecular weight excluding hydrogens is 220 g/mol. The molecule has 2 heterocycles. The Hall–Kier alpha value is -1.33. The number of hydrogen-bond donors (Lipinski definition) is 1. The number of nitrogens with two attached hydrogens (primary N) is 1.